The summed E-state index contributed by atoms with van der Waals surface area (Å²) in [6.45, 7) is 7.28. The van der Waals surface area contributed by atoms with Gasteiger partial charge in [0.2, 0.25) is 0 Å². The van der Waals surface area contributed by atoms with E-state index in [1.54, 1.807) is 0 Å². The molecule has 1 amide bonds. The lowest BCUT2D eigenvalue weighted by molar-refractivity contribution is -0.0385. The molecule has 20 heavy (non-hydrogen) atoms. The number of amides is 1. The van der Waals surface area contributed by atoms with Gasteiger partial charge in [-0.3, -0.25) is 9.48 Å². The van der Waals surface area contributed by atoms with Gasteiger partial charge in [-0.2, -0.15) is 5.10 Å². The van der Waals surface area contributed by atoms with E-state index in [2.05, 4.69) is 5.10 Å². The van der Waals surface area contributed by atoms with Crippen LogP contribution in [0.3, 0.4) is 0 Å². The molecule has 0 saturated carbocycles. The van der Waals surface area contributed by atoms with E-state index in [9.17, 15) is 4.79 Å². The standard InChI is InChI=1S/C14H19N3O2S/c1-8-7-19-9(2)6-17(8)13(18)12-5-11-10(3)15-16(4)14(11)20-12/h5,8-9H,6-7H2,1-4H3. The van der Waals surface area contributed by atoms with E-state index in [0.717, 1.165) is 20.8 Å². The first kappa shape index (κ1) is 13.6. The molecule has 0 radical (unpaired) electrons. The highest BCUT2D eigenvalue weighted by Gasteiger charge is 2.29. The number of aryl methyl sites for hydroxylation is 2. The molecule has 5 nitrogen and oxygen atoms in total. The Morgan fingerprint density at radius 3 is 2.95 bits per heavy atom. The molecule has 6 heteroatoms. The van der Waals surface area contributed by atoms with E-state index in [-0.39, 0.29) is 18.1 Å². The largest absolute Gasteiger partial charge is 0.375 e. The molecule has 2 unspecified atom stereocenters. The van der Waals surface area contributed by atoms with Crippen molar-refractivity contribution in [1.29, 1.82) is 0 Å². The van der Waals surface area contributed by atoms with Gasteiger partial charge < -0.3 is 9.64 Å². The summed E-state index contributed by atoms with van der Waals surface area (Å²) in [6.07, 6.45) is 0.105. The zero-order valence-corrected chi connectivity index (χ0v) is 13.0. The van der Waals surface area contributed by atoms with Gasteiger partial charge in [0.15, 0.2) is 0 Å². The number of fused-ring (bicyclic) bond motifs is 1. The Hall–Kier alpha value is -1.40. The Morgan fingerprint density at radius 1 is 1.50 bits per heavy atom. The molecule has 1 aliphatic rings. The van der Waals surface area contributed by atoms with Crippen molar-refractivity contribution in [1.82, 2.24) is 14.7 Å². The molecular formula is C14H19N3O2S. The average Bonchev–Trinajstić information content (AvgIpc) is 2.95. The Bertz CT molecular complexity index is 626. The molecule has 1 aliphatic heterocycles. The molecule has 0 bridgehead atoms. The van der Waals surface area contributed by atoms with E-state index < -0.39 is 0 Å². The highest BCUT2D eigenvalue weighted by Crippen LogP contribution is 2.29. The van der Waals surface area contributed by atoms with Crippen LogP contribution >= 0.6 is 11.3 Å². The van der Waals surface area contributed by atoms with Gasteiger partial charge in [0.1, 0.15) is 4.83 Å². The fourth-order valence-electron chi connectivity index (χ4n) is 2.64. The van der Waals surface area contributed by atoms with Gasteiger partial charge in [-0.05, 0) is 26.8 Å². The summed E-state index contributed by atoms with van der Waals surface area (Å²) in [7, 11) is 1.92. The molecule has 0 N–H and O–H groups in total. The van der Waals surface area contributed by atoms with Crippen LogP contribution in [0.1, 0.15) is 29.2 Å². The van der Waals surface area contributed by atoms with Gasteiger partial charge in [-0.1, -0.05) is 0 Å². The lowest BCUT2D eigenvalue weighted by Crippen LogP contribution is -2.50. The smallest absolute Gasteiger partial charge is 0.264 e. The summed E-state index contributed by atoms with van der Waals surface area (Å²) in [6, 6.07) is 2.10. The van der Waals surface area contributed by atoms with Crippen LogP contribution in [0.25, 0.3) is 10.2 Å². The normalized spacial score (nSPS) is 23.5. The van der Waals surface area contributed by atoms with Crippen molar-refractivity contribution in [2.75, 3.05) is 13.2 Å². The van der Waals surface area contributed by atoms with Crippen molar-refractivity contribution in [3.05, 3.63) is 16.6 Å². The van der Waals surface area contributed by atoms with Crippen LogP contribution in [0.4, 0.5) is 0 Å². The fourth-order valence-corrected chi connectivity index (χ4v) is 3.72. The predicted molar refractivity (Wildman–Crippen MR) is 79.2 cm³/mol. The number of carbonyl (C=O) groups is 1. The molecule has 1 saturated heterocycles. The SMILES string of the molecule is Cc1nn(C)c2sc(C(=O)N3CC(C)OCC3C)cc12. The second kappa shape index (κ2) is 4.86. The van der Waals surface area contributed by atoms with Crippen molar-refractivity contribution in [2.45, 2.75) is 32.9 Å². The lowest BCUT2D eigenvalue weighted by atomic mass is 10.2. The third-order valence-corrected chi connectivity index (χ3v) is 4.97. The van der Waals surface area contributed by atoms with Crippen molar-refractivity contribution >= 4 is 27.5 Å². The maximum atomic E-state index is 12.7. The highest BCUT2D eigenvalue weighted by atomic mass is 32.1. The summed E-state index contributed by atoms with van der Waals surface area (Å²) in [5, 5.41) is 5.45. The van der Waals surface area contributed by atoms with Crippen LogP contribution in [0.5, 0.6) is 0 Å². The number of hydrogen-bond acceptors (Lipinski definition) is 4. The van der Waals surface area contributed by atoms with Gasteiger partial charge in [-0.15, -0.1) is 11.3 Å². The molecule has 0 aliphatic carbocycles. The number of aromatic nitrogens is 2. The van der Waals surface area contributed by atoms with Crippen LogP contribution in [0, 0.1) is 6.92 Å². The Labute approximate surface area is 122 Å². The van der Waals surface area contributed by atoms with Gasteiger partial charge in [0.05, 0.1) is 29.3 Å². The minimum Gasteiger partial charge on any atom is -0.375 e. The number of morpholine rings is 1. The van der Waals surface area contributed by atoms with Crippen molar-refractivity contribution in [2.24, 2.45) is 7.05 Å². The monoisotopic (exact) mass is 293 g/mol. The molecule has 0 aromatic carbocycles. The minimum absolute atomic E-state index is 0.105. The third-order valence-electron chi connectivity index (χ3n) is 3.78. The second-order valence-electron chi connectivity index (χ2n) is 5.49. The topological polar surface area (TPSA) is 47.4 Å². The van der Waals surface area contributed by atoms with E-state index in [1.165, 1.54) is 11.3 Å². The number of ether oxygens (including phenoxy) is 1. The number of carbonyl (C=O) groups excluding carboxylic acids is 1. The molecule has 108 valence electrons. The number of rotatable bonds is 1. The number of nitrogens with zero attached hydrogens (tertiary/aromatic N) is 3. The molecule has 0 spiro atoms. The Kier molecular flexibility index (Phi) is 3.30. The van der Waals surface area contributed by atoms with Gasteiger partial charge in [-0.25, -0.2) is 0 Å². The maximum Gasteiger partial charge on any atom is 0.264 e. The number of thiophene rings is 1. The molecule has 1 fully saturated rings. The molecular weight excluding hydrogens is 274 g/mol. The first-order valence-electron chi connectivity index (χ1n) is 6.83. The summed E-state index contributed by atoms with van der Waals surface area (Å²) in [5.41, 5.74) is 0.973. The highest BCUT2D eigenvalue weighted by molar-refractivity contribution is 7.20. The Balaban J connectivity index is 1.93. The predicted octanol–water partition coefficient (Wildman–Crippen LogP) is 2.19. The van der Waals surface area contributed by atoms with E-state index >= 15 is 0 Å². The quantitative estimate of drug-likeness (QED) is 0.810. The molecule has 3 rings (SSSR count). The van der Waals surface area contributed by atoms with Crippen LogP contribution < -0.4 is 0 Å². The summed E-state index contributed by atoms with van der Waals surface area (Å²) < 4.78 is 7.43. The van der Waals surface area contributed by atoms with Crippen LogP contribution in [0.2, 0.25) is 0 Å². The van der Waals surface area contributed by atoms with Gasteiger partial charge >= 0.3 is 0 Å². The number of hydrogen-bond donors (Lipinski definition) is 0. The van der Waals surface area contributed by atoms with Gasteiger partial charge in [0, 0.05) is 19.0 Å². The van der Waals surface area contributed by atoms with Crippen molar-refractivity contribution < 1.29 is 9.53 Å². The molecule has 2 atom stereocenters. The zero-order chi connectivity index (χ0) is 14.4. The second-order valence-corrected chi connectivity index (χ2v) is 6.52. The average molecular weight is 293 g/mol. The lowest BCUT2D eigenvalue weighted by Gasteiger charge is -2.36. The molecule has 2 aromatic rings. The third kappa shape index (κ3) is 2.13. The van der Waals surface area contributed by atoms with E-state index in [1.807, 2.05) is 43.5 Å². The summed E-state index contributed by atoms with van der Waals surface area (Å²) in [5.74, 6) is 0.105. The first-order chi connectivity index (χ1) is 9.47. The van der Waals surface area contributed by atoms with Crippen LogP contribution in [-0.2, 0) is 11.8 Å². The van der Waals surface area contributed by atoms with Crippen LogP contribution in [-0.4, -0.2) is 45.9 Å². The van der Waals surface area contributed by atoms with Crippen molar-refractivity contribution in [3.8, 4) is 0 Å². The maximum absolute atomic E-state index is 12.7. The zero-order valence-electron chi connectivity index (χ0n) is 12.2. The van der Waals surface area contributed by atoms with Crippen molar-refractivity contribution in [3.63, 3.8) is 0 Å². The Morgan fingerprint density at radius 2 is 2.25 bits per heavy atom. The first-order valence-corrected chi connectivity index (χ1v) is 7.64. The molecule has 2 aromatic heterocycles. The van der Waals surface area contributed by atoms with E-state index in [0.29, 0.717) is 13.2 Å². The summed E-state index contributed by atoms with van der Waals surface area (Å²) >= 11 is 1.52. The fraction of sp³-hybridized carbons (Fsp3) is 0.571. The molecule has 3 heterocycles. The van der Waals surface area contributed by atoms with Crippen LogP contribution in [0.15, 0.2) is 6.07 Å². The summed E-state index contributed by atoms with van der Waals surface area (Å²) in [4.78, 5) is 16.5. The van der Waals surface area contributed by atoms with Gasteiger partial charge in [0.25, 0.3) is 5.91 Å². The minimum atomic E-state index is 0.105. The van der Waals surface area contributed by atoms with E-state index in [4.69, 9.17) is 4.74 Å².